The van der Waals surface area contributed by atoms with E-state index in [0.29, 0.717) is 0 Å². The van der Waals surface area contributed by atoms with Crippen LogP contribution in [0.15, 0.2) is 0 Å². The quantitative estimate of drug-likeness (QED) is 0.489. The highest BCUT2D eigenvalue weighted by Gasteiger charge is 2.62. The van der Waals surface area contributed by atoms with Gasteiger partial charge in [-0.1, -0.05) is 0 Å². The van der Waals surface area contributed by atoms with Crippen LogP contribution in [-0.2, 0) is 0 Å². The molecule has 5 fully saturated rings. The van der Waals surface area contributed by atoms with Crippen LogP contribution in [0.2, 0.25) is 0 Å². The molecule has 0 aromatic carbocycles. The van der Waals surface area contributed by atoms with Crippen LogP contribution in [-0.4, -0.2) is 16.2 Å². The maximum absolute atomic E-state index is 2.56. The molecule has 5 aliphatic rings. The second-order valence-corrected chi connectivity index (χ2v) is 6.99. The van der Waals surface area contributed by atoms with E-state index in [1.807, 2.05) is 0 Å². The Morgan fingerprint density at radius 1 is 0.769 bits per heavy atom. The highest BCUT2D eigenvalue weighted by Crippen LogP contribution is 2.67. The summed E-state index contributed by atoms with van der Waals surface area (Å²) in [6.45, 7) is 2.82. The zero-order chi connectivity index (χ0) is 8.58. The van der Waals surface area contributed by atoms with Gasteiger partial charge in [0.1, 0.15) is 0 Å². The summed E-state index contributed by atoms with van der Waals surface area (Å²) in [5.41, 5.74) is 0. The SMILES string of the molecule is IN1CC2C3CCC(C4CC34)C2C1. The van der Waals surface area contributed by atoms with Gasteiger partial charge in [-0.15, -0.1) is 0 Å². The average Bonchev–Trinajstić information content (AvgIpc) is 2.82. The van der Waals surface area contributed by atoms with Crippen molar-refractivity contribution in [1.29, 1.82) is 0 Å². The summed E-state index contributed by atoms with van der Waals surface area (Å²) in [7, 11) is 0. The normalized spacial score (nSPS) is 63.5. The Bertz CT molecular complexity index is 230. The molecular formula is C11H16IN. The third-order valence-corrected chi connectivity index (χ3v) is 6.08. The highest BCUT2D eigenvalue weighted by atomic mass is 127. The molecule has 5 rings (SSSR count). The van der Waals surface area contributed by atoms with Crippen LogP contribution in [0.3, 0.4) is 0 Å². The predicted molar refractivity (Wildman–Crippen MR) is 60.4 cm³/mol. The van der Waals surface area contributed by atoms with E-state index in [4.69, 9.17) is 0 Å². The Balaban J connectivity index is 1.72. The molecule has 0 spiro atoms. The Morgan fingerprint density at radius 2 is 1.31 bits per heavy atom. The van der Waals surface area contributed by atoms with E-state index in [2.05, 4.69) is 26.0 Å². The summed E-state index contributed by atoms with van der Waals surface area (Å²) in [5.74, 6) is 6.92. The molecule has 1 nitrogen and oxygen atoms in total. The van der Waals surface area contributed by atoms with Crippen LogP contribution in [0.4, 0.5) is 0 Å². The van der Waals surface area contributed by atoms with Crippen molar-refractivity contribution in [2.24, 2.45) is 35.5 Å². The van der Waals surface area contributed by atoms with Crippen molar-refractivity contribution in [3.05, 3.63) is 0 Å². The van der Waals surface area contributed by atoms with Crippen molar-refractivity contribution in [2.45, 2.75) is 19.3 Å². The molecule has 0 radical (unpaired) electrons. The second kappa shape index (κ2) is 2.43. The monoisotopic (exact) mass is 289 g/mol. The molecule has 0 aromatic rings. The molecule has 4 aliphatic carbocycles. The molecule has 13 heavy (non-hydrogen) atoms. The summed E-state index contributed by atoms with van der Waals surface area (Å²) in [6, 6.07) is 0. The van der Waals surface area contributed by atoms with Crippen LogP contribution in [0.25, 0.3) is 0 Å². The van der Waals surface area contributed by atoms with Crippen LogP contribution in [0.5, 0.6) is 0 Å². The molecule has 1 aliphatic heterocycles. The van der Waals surface area contributed by atoms with Crippen molar-refractivity contribution in [3.8, 4) is 0 Å². The van der Waals surface area contributed by atoms with Gasteiger partial charge in [-0.25, -0.2) is 3.11 Å². The van der Waals surface area contributed by atoms with Gasteiger partial charge in [-0.2, -0.15) is 0 Å². The molecule has 6 unspecified atom stereocenters. The maximum Gasteiger partial charge on any atom is 0.0201 e. The van der Waals surface area contributed by atoms with E-state index in [-0.39, 0.29) is 0 Å². The minimum atomic E-state index is 1.11. The Kier molecular flexibility index (Phi) is 1.48. The lowest BCUT2D eigenvalue weighted by atomic mass is 9.60. The van der Waals surface area contributed by atoms with Gasteiger partial charge in [-0.3, -0.25) is 0 Å². The first kappa shape index (κ1) is 7.91. The van der Waals surface area contributed by atoms with Crippen molar-refractivity contribution in [3.63, 3.8) is 0 Å². The predicted octanol–water partition coefficient (Wildman–Crippen LogP) is 2.56. The van der Waals surface area contributed by atoms with E-state index < -0.39 is 0 Å². The molecule has 0 amide bonds. The number of rotatable bonds is 0. The van der Waals surface area contributed by atoms with Crippen molar-refractivity contribution >= 4 is 22.9 Å². The van der Waals surface area contributed by atoms with Gasteiger partial charge >= 0.3 is 0 Å². The molecule has 0 aromatic heterocycles. The number of hydrogen-bond acceptors (Lipinski definition) is 1. The molecule has 0 N–H and O–H groups in total. The summed E-state index contributed by atoms with van der Waals surface area (Å²) in [4.78, 5) is 0. The van der Waals surface area contributed by atoms with Gasteiger partial charge in [0.05, 0.1) is 0 Å². The molecule has 6 atom stereocenters. The second-order valence-electron chi connectivity index (χ2n) is 5.62. The minimum absolute atomic E-state index is 1.11. The largest absolute Gasteiger partial charge is 0.247 e. The first-order chi connectivity index (χ1) is 6.34. The van der Waals surface area contributed by atoms with Crippen molar-refractivity contribution in [2.75, 3.05) is 13.1 Å². The van der Waals surface area contributed by atoms with Gasteiger partial charge in [-0.05, 0) is 54.8 Å². The van der Waals surface area contributed by atoms with E-state index in [0.717, 1.165) is 23.7 Å². The van der Waals surface area contributed by atoms with E-state index in [9.17, 15) is 0 Å². The topological polar surface area (TPSA) is 3.24 Å². The van der Waals surface area contributed by atoms with Crippen LogP contribution < -0.4 is 0 Å². The van der Waals surface area contributed by atoms with Gasteiger partial charge < -0.3 is 0 Å². The fraction of sp³-hybridized carbons (Fsp3) is 1.00. The summed E-state index contributed by atoms with van der Waals surface area (Å²) < 4.78 is 2.56. The zero-order valence-corrected chi connectivity index (χ0v) is 9.98. The summed E-state index contributed by atoms with van der Waals surface area (Å²) >= 11 is 2.54. The fourth-order valence-corrected chi connectivity index (χ4v) is 5.71. The molecule has 1 heterocycles. The minimum Gasteiger partial charge on any atom is -0.247 e. The van der Waals surface area contributed by atoms with Crippen molar-refractivity contribution in [1.82, 2.24) is 3.11 Å². The summed E-state index contributed by atoms with van der Waals surface area (Å²) in [6.07, 6.45) is 4.78. The molecular weight excluding hydrogens is 273 g/mol. The maximum atomic E-state index is 2.56. The van der Waals surface area contributed by atoms with Crippen LogP contribution in [0, 0.1) is 35.5 Å². The lowest BCUT2D eigenvalue weighted by molar-refractivity contribution is 0.0464. The Hall–Kier alpha value is 0.690. The van der Waals surface area contributed by atoms with Gasteiger partial charge in [0.25, 0.3) is 0 Å². The molecule has 4 saturated carbocycles. The molecule has 2 bridgehead atoms. The molecule has 72 valence electrons. The number of nitrogens with zero attached hydrogens (tertiary/aromatic N) is 1. The molecule has 2 heteroatoms. The van der Waals surface area contributed by atoms with Gasteiger partial charge in [0, 0.05) is 36.0 Å². The standard InChI is InChI=1S/C11H16IN/c12-13-4-10-6-1-2-7(11(10)5-13)9-3-8(6)9/h6-11H,1-5H2. The Labute approximate surface area is 93.7 Å². The molecule has 1 saturated heterocycles. The van der Waals surface area contributed by atoms with Crippen molar-refractivity contribution < 1.29 is 0 Å². The number of hydrogen-bond donors (Lipinski definition) is 0. The Morgan fingerprint density at radius 3 is 1.85 bits per heavy atom. The third kappa shape index (κ3) is 0.921. The first-order valence-corrected chi connectivity index (χ1v) is 6.72. The van der Waals surface area contributed by atoms with Gasteiger partial charge in [0.15, 0.2) is 0 Å². The first-order valence-electron chi connectivity index (χ1n) is 5.75. The van der Waals surface area contributed by atoms with Gasteiger partial charge in [0.2, 0.25) is 0 Å². The smallest absolute Gasteiger partial charge is 0.0201 e. The van der Waals surface area contributed by atoms with E-state index in [1.165, 1.54) is 24.9 Å². The van der Waals surface area contributed by atoms with Crippen LogP contribution >= 0.6 is 22.9 Å². The van der Waals surface area contributed by atoms with Crippen LogP contribution in [0.1, 0.15) is 19.3 Å². The highest BCUT2D eigenvalue weighted by molar-refractivity contribution is 14.1. The zero-order valence-electron chi connectivity index (χ0n) is 7.82. The number of fused-ring (bicyclic) bond motifs is 1. The third-order valence-electron chi connectivity index (χ3n) is 5.29. The lowest BCUT2D eigenvalue weighted by Crippen LogP contribution is -2.40. The van der Waals surface area contributed by atoms with E-state index in [1.54, 1.807) is 19.3 Å². The summed E-state index contributed by atoms with van der Waals surface area (Å²) in [5, 5.41) is 0. The average molecular weight is 289 g/mol. The lowest BCUT2D eigenvalue weighted by Gasteiger charge is -2.44. The number of halogens is 1. The fourth-order valence-electron chi connectivity index (χ4n) is 4.81. The van der Waals surface area contributed by atoms with E-state index >= 15 is 0 Å².